The van der Waals surface area contributed by atoms with Crippen LogP contribution >= 0.6 is 0 Å². The number of hydrogen-bond donors (Lipinski definition) is 2. The Balaban J connectivity index is 1.87. The molecule has 1 aromatic heterocycles. The van der Waals surface area contributed by atoms with Gasteiger partial charge in [-0.1, -0.05) is 19.1 Å². The number of para-hydroxylation sites is 1. The minimum Gasteiger partial charge on any atom is -0.361 e. The predicted molar refractivity (Wildman–Crippen MR) is 80.5 cm³/mol. The Kier molecular flexibility index (Phi) is 3.49. The fourth-order valence-electron chi connectivity index (χ4n) is 3.07. The molecular weight excluding hydrogens is 250 g/mol. The molecular formula is C16H21N3O. The van der Waals surface area contributed by atoms with Crippen LogP contribution in [-0.2, 0) is 0 Å². The molecule has 20 heavy (non-hydrogen) atoms. The number of nitrogens with two attached hydrogens (primary N) is 1. The van der Waals surface area contributed by atoms with Gasteiger partial charge in [0, 0.05) is 24.7 Å². The second-order valence-corrected chi connectivity index (χ2v) is 5.76. The third-order valence-corrected chi connectivity index (χ3v) is 4.52. The normalized spacial score (nSPS) is 23.2. The molecule has 4 heteroatoms. The summed E-state index contributed by atoms with van der Waals surface area (Å²) in [6.07, 6.45) is 2.91. The smallest absolute Gasteiger partial charge is 0.255 e. The van der Waals surface area contributed by atoms with E-state index in [0.29, 0.717) is 18.4 Å². The lowest BCUT2D eigenvalue weighted by Gasteiger charge is -2.36. The van der Waals surface area contributed by atoms with E-state index in [9.17, 15) is 4.79 Å². The second-order valence-electron chi connectivity index (χ2n) is 5.76. The van der Waals surface area contributed by atoms with E-state index in [0.717, 1.165) is 36.0 Å². The lowest BCUT2D eigenvalue weighted by atomic mass is 9.87. The van der Waals surface area contributed by atoms with Gasteiger partial charge in [-0.3, -0.25) is 4.79 Å². The van der Waals surface area contributed by atoms with Gasteiger partial charge in [-0.2, -0.15) is 0 Å². The van der Waals surface area contributed by atoms with Crippen LogP contribution in [0.3, 0.4) is 0 Å². The minimum absolute atomic E-state index is 0.114. The van der Waals surface area contributed by atoms with E-state index in [2.05, 4.69) is 11.9 Å². The monoisotopic (exact) mass is 271 g/mol. The van der Waals surface area contributed by atoms with Crippen molar-refractivity contribution < 1.29 is 4.79 Å². The number of H-pyrrole nitrogens is 1. The van der Waals surface area contributed by atoms with E-state index in [1.807, 2.05) is 35.4 Å². The van der Waals surface area contributed by atoms with Crippen molar-refractivity contribution in [3.63, 3.8) is 0 Å². The Morgan fingerprint density at radius 2 is 2.30 bits per heavy atom. The first-order valence-corrected chi connectivity index (χ1v) is 7.26. The average molecular weight is 271 g/mol. The molecule has 0 saturated carbocycles. The lowest BCUT2D eigenvalue weighted by Crippen LogP contribution is -2.45. The van der Waals surface area contributed by atoms with Crippen molar-refractivity contribution in [2.45, 2.75) is 13.3 Å². The molecule has 0 radical (unpaired) electrons. The molecule has 2 unspecified atom stereocenters. The van der Waals surface area contributed by atoms with Crippen LogP contribution in [0, 0.1) is 11.8 Å². The van der Waals surface area contributed by atoms with Gasteiger partial charge in [0.1, 0.15) is 0 Å². The maximum absolute atomic E-state index is 12.7. The molecule has 3 N–H and O–H groups in total. The van der Waals surface area contributed by atoms with Gasteiger partial charge in [0.25, 0.3) is 5.91 Å². The molecule has 4 nitrogen and oxygen atoms in total. The SMILES string of the molecule is CC1CCN(C(=O)c2cccc3cc[nH]c23)CC1CN. The molecule has 3 rings (SSSR count). The van der Waals surface area contributed by atoms with E-state index < -0.39 is 0 Å². The molecule has 2 aromatic rings. The van der Waals surface area contributed by atoms with E-state index in [-0.39, 0.29) is 5.91 Å². The number of carbonyl (C=O) groups excluding carboxylic acids is 1. The summed E-state index contributed by atoms with van der Waals surface area (Å²) in [6, 6.07) is 7.85. The van der Waals surface area contributed by atoms with Crippen LogP contribution in [0.2, 0.25) is 0 Å². The van der Waals surface area contributed by atoms with Gasteiger partial charge in [0.2, 0.25) is 0 Å². The van der Waals surface area contributed by atoms with Crippen molar-refractivity contribution in [2.24, 2.45) is 17.6 Å². The molecule has 2 atom stereocenters. The van der Waals surface area contributed by atoms with E-state index >= 15 is 0 Å². The first kappa shape index (κ1) is 13.2. The highest BCUT2D eigenvalue weighted by atomic mass is 16.2. The minimum atomic E-state index is 0.114. The third kappa shape index (κ3) is 2.20. The Labute approximate surface area is 118 Å². The zero-order chi connectivity index (χ0) is 14.1. The Morgan fingerprint density at radius 3 is 3.10 bits per heavy atom. The summed E-state index contributed by atoms with van der Waals surface area (Å²) in [4.78, 5) is 17.9. The third-order valence-electron chi connectivity index (χ3n) is 4.52. The van der Waals surface area contributed by atoms with E-state index in [1.54, 1.807) is 0 Å². The van der Waals surface area contributed by atoms with Gasteiger partial charge in [-0.25, -0.2) is 0 Å². The van der Waals surface area contributed by atoms with E-state index in [4.69, 9.17) is 5.73 Å². The van der Waals surface area contributed by atoms with Gasteiger partial charge in [0.05, 0.1) is 11.1 Å². The van der Waals surface area contributed by atoms with Crippen LogP contribution in [0.4, 0.5) is 0 Å². The summed E-state index contributed by atoms with van der Waals surface area (Å²) in [7, 11) is 0. The molecule has 0 aliphatic carbocycles. The number of aromatic amines is 1. The summed E-state index contributed by atoms with van der Waals surface area (Å²) in [5.74, 6) is 1.13. The molecule has 0 bridgehead atoms. The van der Waals surface area contributed by atoms with Crippen molar-refractivity contribution in [2.75, 3.05) is 19.6 Å². The number of rotatable bonds is 2. The molecule has 1 aromatic carbocycles. The largest absolute Gasteiger partial charge is 0.361 e. The number of piperidine rings is 1. The van der Waals surface area contributed by atoms with Gasteiger partial charge < -0.3 is 15.6 Å². The standard InChI is InChI=1S/C16H21N3O/c1-11-6-8-19(10-13(11)9-17)16(20)14-4-2-3-12-5-7-18-15(12)14/h2-5,7,11,13,18H,6,8-10,17H2,1H3. The number of amides is 1. The average Bonchev–Trinajstić information content (AvgIpc) is 2.95. The molecule has 1 amide bonds. The quantitative estimate of drug-likeness (QED) is 0.879. The van der Waals surface area contributed by atoms with Gasteiger partial charge in [-0.15, -0.1) is 0 Å². The number of carbonyl (C=O) groups is 1. The molecule has 1 fully saturated rings. The fraction of sp³-hybridized carbons (Fsp3) is 0.438. The number of likely N-dealkylation sites (tertiary alicyclic amines) is 1. The topological polar surface area (TPSA) is 62.1 Å². The highest BCUT2D eigenvalue weighted by Gasteiger charge is 2.29. The number of fused-ring (bicyclic) bond motifs is 1. The van der Waals surface area contributed by atoms with Crippen LogP contribution < -0.4 is 5.73 Å². The van der Waals surface area contributed by atoms with Crippen molar-refractivity contribution >= 4 is 16.8 Å². The second kappa shape index (κ2) is 5.29. The lowest BCUT2D eigenvalue weighted by molar-refractivity contribution is 0.0620. The zero-order valence-electron chi connectivity index (χ0n) is 11.8. The van der Waals surface area contributed by atoms with Gasteiger partial charge in [-0.05, 0) is 36.9 Å². The summed E-state index contributed by atoms with van der Waals surface area (Å²) in [5, 5.41) is 1.08. The summed E-state index contributed by atoms with van der Waals surface area (Å²) >= 11 is 0. The molecule has 1 aliphatic rings. The summed E-state index contributed by atoms with van der Waals surface area (Å²) < 4.78 is 0. The first-order valence-electron chi connectivity index (χ1n) is 7.26. The number of hydrogen-bond acceptors (Lipinski definition) is 2. The van der Waals surface area contributed by atoms with Crippen LogP contribution in [-0.4, -0.2) is 35.4 Å². The van der Waals surface area contributed by atoms with Crippen molar-refractivity contribution in [3.05, 3.63) is 36.0 Å². The van der Waals surface area contributed by atoms with E-state index in [1.165, 1.54) is 0 Å². The van der Waals surface area contributed by atoms with Crippen LogP contribution in [0.15, 0.2) is 30.5 Å². The molecule has 1 aliphatic heterocycles. The van der Waals surface area contributed by atoms with Crippen molar-refractivity contribution in [3.8, 4) is 0 Å². The maximum atomic E-state index is 12.7. The summed E-state index contributed by atoms with van der Waals surface area (Å²) in [6.45, 7) is 4.48. The number of aromatic nitrogens is 1. The Bertz CT molecular complexity index is 619. The van der Waals surface area contributed by atoms with Gasteiger partial charge in [0.15, 0.2) is 0 Å². The highest BCUT2D eigenvalue weighted by Crippen LogP contribution is 2.25. The van der Waals surface area contributed by atoms with Crippen molar-refractivity contribution in [1.29, 1.82) is 0 Å². The highest BCUT2D eigenvalue weighted by molar-refractivity contribution is 6.05. The van der Waals surface area contributed by atoms with Crippen LogP contribution in [0.5, 0.6) is 0 Å². The Morgan fingerprint density at radius 1 is 1.45 bits per heavy atom. The fourth-order valence-corrected chi connectivity index (χ4v) is 3.07. The molecule has 1 saturated heterocycles. The molecule has 2 heterocycles. The van der Waals surface area contributed by atoms with Crippen LogP contribution in [0.1, 0.15) is 23.7 Å². The predicted octanol–water partition coefficient (Wildman–Crippen LogP) is 2.22. The summed E-state index contributed by atoms with van der Waals surface area (Å²) in [5.41, 5.74) is 7.52. The molecule has 0 spiro atoms. The number of nitrogens with zero attached hydrogens (tertiary/aromatic N) is 1. The van der Waals surface area contributed by atoms with Crippen LogP contribution in [0.25, 0.3) is 10.9 Å². The number of nitrogens with one attached hydrogen (secondary N) is 1. The number of benzene rings is 1. The molecule has 106 valence electrons. The van der Waals surface area contributed by atoms with Gasteiger partial charge >= 0.3 is 0 Å². The zero-order valence-corrected chi connectivity index (χ0v) is 11.8. The van der Waals surface area contributed by atoms with Crippen molar-refractivity contribution in [1.82, 2.24) is 9.88 Å². The Hall–Kier alpha value is -1.81. The first-order chi connectivity index (χ1) is 9.70. The maximum Gasteiger partial charge on any atom is 0.255 e.